The first kappa shape index (κ1) is 46.3. The Morgan fingerprint density at radius 2 is 1.00 bits per heavy atom. The minimum Gasteiger partial charge on any atom is -0.457 e. The van der Waals surface area contributed by atoms with Crippen LogP contribution in [0.3, 0.4) is 0 Å². The van der Waals surface area contributed by atoms with E-state index in [2.05, 4.69) is 281 Å². The molecule has 0 aliphatic carbocycles. The van der Waals surface area contributed by atoms with Crippen molar-refractivity contribution in [2.75, 3.05) is 16.5 Å². The van der Waals surface area contributed by atoms with Crippen molar-refractivity contribution < 1.29 is 4.74 Å². The monoisotopic (exact) mass is 988 g/mol. The molecule has 0 saturated heterocycles. The Morgan fingerprint density at radius 3 is 1.64 bits per heavy atom. The molecule has 0 fully saturated rings. The zero-order chi connectivity index (χ0) is 51.2. The molecule has 366 valence electrons. The lowest BCUT2D eigenvalue weighted by Crippen LogP contribution is -2.62. The van der Waals surface area contributed by atoms with Gasteiger partial charge in [0.25, 0.3) is 0 Å². The van der Waals surface area contributed by atoms with Crippen molar-refractivity contribution in [3.8, 4) is 50.7 Å². The molecule has 75 heavy (non-hydrogen) atoms. The number of aromatic nitrogens is 2. The van der Waals surface area contributed by atoms with E-state index in [1.54, 1.807) is 0 Å². The van der Waals surface area contributed by atoms with Gasteiger partial charge in [-0.1, -0.05) is 188 Å². The topological polar surface area (TPSA) is 33.5 Å². The lowest BCUT2D eigenvalue weighted by molar-refractivity contribution is 0.479. The Hall–Kier alpha value is -8.45. The molecule has 0 bridgehead atoms. The van der Waals surface area contributed by atoms with E-state index in [-0.39, 0.29) is 10.8 Å². The van der Waals surface area contributed by atoms with Crippen molar-refractivity contribution in [1.29, 1.82) is 0 Å². The van der Waals surface area contributed by atoms with Gasteiger partial charge in [0.15, 0.2) is 0 Å². The van der Waals surface area contributed by atoms with Gasteiger partial charge in [-0.25, -0.2) is 4.98 Å². The van der Waals surface area contributed by atoms with Crippen LogP contribution in [-0.2, 0) is 10.8 Å². The van der Waals surface area contributed by atoms with Crippen molar-refractivity contribution in [2.45, 2.75) is 58.9 Å². The van der Waals surface area contributed by atoms with E-state index in [0.29, 0.717) is 6.67 Å². The third-order valence-electron chi connectivity index (χ3n) is 15.9. The first-order chi connectivity index (χ1) is 36.3. The summed E-state index contributed by atoms with van der Waals surface area (Å²) in [6.45, 7) is 16.9. The molecule has 0 amide bonds. The molecule has 9 aromatic carbocycles. The average molecular weight is 989 g/mol. The minimum absolute atomic E-state index is 0.0661. The number of ether oxygens (including phenoxy) is 1. The molecule has 4 heterocycles. The molecule has 2 aliphatic heterocycles. The maximum atomic E-state index is 7.14. The van der Waals surface area contributed by atoms with E-state index in [0.717, 1.165) is 50.8 Å². The van der Waals surface area contributed by atoms with Crippen molar-refractivity contribution in [1.82, 2.24) is 9.55 Å². The van der Waals surface area contributed by atoms with Gasteiger partial charge < -0.3 is 14.5 Å². The van der Waals surface area contributed by atoms with Gasteiger partial charge in [-0.3, -0.25) is 4.57 Å². The SMILES string of the molecule is CC(C)(C)c1cc(Oc2ccc3c4ccccc4n(-c4cc([Si]5(C)c6ccccc6-c6ccccc65)ccn4)c3c2)cc(N2CN(c3c(-c4ccccc4)cc(C(C)(C)C)cc3-c3ccccc3)c3ccccc32)c1. The third kappa shape index (κ3) is 7.77. The summed E-state index contributed by atoms with van der Waals surface area (Å²) >= 11 is 0. The second kappa shape index (κ2) is 17.6. The van der Waals surface area contributed by atoms with Crippen molar-refractivity contribution in [3.63, 3.8) is 0 Å². The van der Waals surface area contributed by atoms with E-state index in [9.17, 15) is 0 Å². The van der Waals surface area contributed by atoms with Crippen LogP contribution in [0, 0.1) is 0 Å². The van der Waals surface area contributed by atoms with E-state index >= 15 is 0 Å². The quantitative estimate of drug-likeness (QED) is 0.142. The Labute approximate surface area is 442 Å². The average Bonchev–Trinajstić information content (AvgIpc) is 4.19. The summed E-state index contributed by atoms with van der Waals surface area (Å²) in [6.07, 6.45) is 2.01. The number of nitrogens with zero attached hydrogens (tertiary/aromatic N) is 4. The van der Waals surface area contributed by atoms with Gasteiger partial charge in [0.1, 0.15) is 32.1 Å². The van der Waals surface area contributed by atoms with E-state index < -0.39 is 8.07 Å². The fraction of sp³-hybridized carbons (Fsp3) is 0.145. The van der Waals surface area contributed by atoms with Crippen LogP contribution >= 0.6 is 0 Å². The van der Waals surface area contributed by atoms with Crippen molar-refractivity contribution in [3.05, 3.63) is 236 Å². The molecule has 6 heteroatoms. The second-order valence-electron chi connectivity index (χ2n) is 22.6. The highest BCUT2D eigenvalue weighted by Gasteiger charge is 2.43. The number of anilines is 4. The van der Waals surface area contributed by atoms with Gasteiger partial charge in [0, 0.05) is 45.9 Å². The van der Waals surface area contributed by atoms with Gasteiger partial charge >= 0.3 is 0 Å². The molecular formula is C69H60N4OSi. The third-order valence-corrected chi connectivity index (χ3v) is 20.4. The second-order valence-corrected chi connectivity index (χ2v) is 26.5. The van der Waals surface area contributed by atoms with Gasteiger partial charge in [0.05, 0.1) is 28.1 Å². The summed E-state index contributed by atoms with van der Waals surface area (Å²) in [5.74, 6) is 2.46. The highest BCUT2D eigenvalue weighted by atomic mass is 28.3. The molecule has 2 aromatic heterocycles. The largest absolute Gasteiger partial charge is 0.457 e. The van der Waals surface area contributed by atoms with Crippen LogP contribution in [0.25, 0.3) is 61.0 Å². The van der Waals surface area contributed by atoms with Crippen LogP contribution in [0.4, 0.5) is 22.7 Å². The molecule has 2 aliphatic rings. The van der Waals surface area contributed by atoms with Crippen LogP contribution in [-0.4, -0.2) is 24.3 Å². The zero-order valence-corrected chi connectivity index (χ0v) is 44.8. The normalized spacial score (nSPS) is 13.8. The van der Waals surface area contributed by atoms with Crippen molar-refractivity contribution >= 4 is 68.2 Å². The summed E-state index contributed by atoms with van der Waals surface area (Å²) in [7, 11) is -2.36. The van der Waals surface area contributed by atoms with E-state index in [1.165, 1.54) is 71.1 Å². The number of para-hydroxylation sites is 3. The molecule has 11 aromatic rings. The van der Waals surface area contributed by atoms with Gasteiger partial charge in [0.2, 0.25) is 0 Å². The lowest BCUT2D eigenvalue weighted by atomic mass is 9.82. The van der Waals surface area contributed by atoms with Crippen LogP contribution in [0.15, 0.2) is 225 Å². The number of pyridine rings is 1. The fourth-order valence-electron chi connectivity index (χ4n) is 11.9. The summed E-state index contributed by atoms with van der Waals surface area (Å²) in [5.41, 5.74) is 16.5. The number of benzene rings is 9. The van der Waals surface area contributed by atoms with Gasteiger partial charge in [-0.15, -0.1) is 0 Å². The Morgan fingerprint density at radius 1 is 0.453 bits per heavy atom. The molecule has 0 spiro atoms. The highest BCUT2D eigenvalue weighted by molar-refractivity contribution is 7.13. The number of rotatable bonds is 8. The van der Waals surface area contributed by atoms with Crippen LogP contribution in [0.2, 0.25) is 6.55 Å². The summed E-state index contributed by atoms with van der Waals surface area (Å²) in [5, 5.41) is 6.58. The molecule has 0 radical (unpaired) electrons. The van der Waals surface area contributed by atoms with Gasteiger partial charge in [-0.2, -0.15) is 0 Å². The van der Waals surface area contributed by atoms with Crippen LogP contribution < -0.4 is 30.1 Å². The molecule has 0 saturated carbocycles. The van der Waals surface area contributed by atoms with Gasteiger partial charge in [-0.05, 0) is 127 Å². The first-order valence-electron chi connectivity index (χ1n) is 26.3. The molecule has 0 atom stereocenters. The Bertz CT molecular complexity index is 3910. The predicted octanol–water partition coefficient (Wildman–Crippen LogP) is 16.2. The molecule has 13 rings (SSSR count). The summed E-state index contributed by atoms with van der Waals surface area (Å²) in [4.78, 5) is 10.1. The molecular weight excluding hydrogens is 929 g/mol. The smallest absolute Gasteiger partial charge is 0.147 e. The minimum atomic E-state index is -2.36. The number of hydrogen-bond donors (Lipinski definition) is 0. The molecule has 5 nitrogen and oxygen atoms in total. The Balaban J connectivity index is 0.921. The van der Waals surface area contributed by atoms with E-state index in [4.69, 9.17) is 9.72 Å². The predicted molar refractivity (Wildman–Crippen MR) is 318 cm³/mol. The zero-order valence-electron chi connectivity index (χ0n) is 43.8. The summed E-state index contributed by atoms with van der Waals surface area (Å²) < 4.78 is 9.47. The fourth-order valence-corrected chi connectivity index (χ4v) is 16.0. The summed E-state index contributed by atoms with van der Waals surface area (Å²) in [6, 6.07) is 80.2. The number of hydrogen-bond acceptors (Lipinski definition) is 4. The van der Waals surface area contributed by atoms with E-state index in [1.807, 2.05) is 6.20 Å². The van der Waals surface area contributed by atoms with Crippen LogP contribution in [0.5, 0.6) is 11.5 Å². The van der Waals surface area contributed by atoms with Crippen LogP contribution in [0.1, 0.15) is 52.7 Å². The molecule has 0 unspecified atom stereocenters. The maximum absolute atomic E-state index is 7.14. The van der Waals surface area contributed by atoms with Crippen molar-refractivity contribution in [2.24, 2.45) is 0 Å². The Kier molecular flexibility index (Phi) is 10.9. The lowest BCUT2D eigenvalue weighted by Gasteiger charge is -2.30. The maximum Gasteiger partial charge on any atom is 0.147 e. The standard InChI is InChI=1S/C69H60N4OSi/c1-68(2,3)48-38-50(71-45-72(62-31-19-18-30-61(62)71)67-58(46-22-10-8-11-23-46)40-49(69(4,5)6)41-59(67)47-24-12-9-13-25-47)42-52(39-48)74-51-34-35-55-54-26-14-17-29-60(54)73(63(55)43-51)66-44-53(36-37-70-66)75(7)64-32-20-15-27-56(64)57-28-16-21-33-65(57)75/h8-44H,45H2,1-7H3. The number of fused-ring (bicyclic) bond motifs is 7. The molecule has 0 N–H and O–H groups in total. The first-order valence-corrected chi connectivity index (χ1v) is 28.8. The highest BCUT2D eigenvalue weighted by Crippen LogP contribution is 2.52.